The zero-order valence-corrected chi connectivity index (χ0v) is 10.5. The van der Waals surface area contributed by atoms with Crippen LogP contribution in [0.2, 0.25) is 0 Å². The molecule has 0 aliphatic rings. The molecule has 5 heteroatoms. The molecule has 0 saturated carbocycles. The molecule has 1 atom stereocenters. The van der Waals surface area contributed by atoms with Crippen LogP contribution in [0.1, 0.15) is 17.3 Å². The first-order chi connectivity index (χ1) is 7.90. The monoisotopic (exact) mass is 236 g/mol. The third-order valence-corrected chi connectivity index (χ3v) is 2.38. The Morgan fingerprint density at radius 3 is 2.65 bits per heavy atom. The van der Waals surface area contributed by atoms with Gasteiger partial charge in [-0.2, -0.15) is 0 Å². The van der Waals surface area contributed by atoms with Gasteiger partial charge < -0.3 is 21.7 Å². The van der Waals surface area contributed by atoms with E-state index in [0.717, 1.165) is 12.2 Å². The minimum absolute atomic E-state index is 0.232. The van der Waals surface area contributed by atoms with E-state index < -0.39 is 5.91 Å². The third-order valence-electron chi connectivity index (χ3n) is 2.38. The molecule has 1 rings (SSSR count). The van der Waals surface area contributed by atoms with Gasteiger partial charge in [-0.3, -0.25) is 4.79 Å². The molecular weight excluding hydrogens is 216 g/mol. The van der Waals surface area contributed by atoms with Crippen molar-refractivity contribution in [1.29, 1.82) is 0 Å². The fraction of sp³-hybridized carbons (Fsp3) is 0.417. The van der Waals surface area contributed by atoms with Crippen LogP contribution < -0.4 is 16.8 Å². The van der Waals surface area contributed by atoms with E-state index >= 15 is 0 Å². The molecule has 1 aromatic carbocycles. The number of nitrogens with one attached hydrogen (secondary N) is 1. The number of rotatable bonds is 5. The number of hydrogen-bond donors (Lipinski definition) is 3. The predicted molar refractivity (Wildman–Crippen MR) is 71.0 cm³/mol. The van der Waals surface area contributed by atoms with Crippen LogP contribution in [-0.2, 0) is 0 Å². The Morgan fingerprint density at radius 1 is 1.47 bits per heavy atom. The summed E-state index contributed by atoms with van der Waals surface area (Å²) in [6, 6.07) is 5.23. The molecule has 0 saturated heterocycles. The van der Waals surface area contributed by atoms with Gasteiger partial charge >= 0.3 is 0 Å². The van der Waals surface area contributed by atoms with Gasteiger partial charge in [-0.05, 0) is 39.2 Å². The van der Waals surface area contributed by atoms with Crippen LogP contribution in [0.3, 0.4) is 0 Å². The van der Waals surface area contributed by atoms with Crippen molar-refractivity contribution in [3.63, 3.8) is 0 Å². The van der Waals surface area contributed by atoms with Crippen LogP contribution in [0.5, 0.6) is 0 Å². The summed E-state index contributed by atoms with van der Waals surface area (Å²) in [7, 11) is 4.00. The maximum Gasteiger partial charge on any atom is 0.248 e. The number of hydrogen-bond acceptors (Lipinski definition) is 4. The highest BCUT2D eigenvalue weighted by molar-refractivity contribution is 5.94. The lowest BCUT2D eigenvalue weighted by atomic mass is 10.1. The van der Waals surface area contributed by atoms with Crippen molar-refractivity contribution in [2.75, 3.05) is 31.7 Å². The molecule has 1 aromatic rings. The number of carbonyl (C=O) groups excluding carboxylic acids is 1. The molecule has 0 aromatic heterocycles. The van der Waals surface area contributed by atoms with E-state index in [1.165, 1.54) is 0 Å². The molecule has 0 heterocycles. The van der Waals surface area contributed by atoms with Gasteiger partial charge in [0.25, 0.3) is 0 Å². The van der Waals surface area contributed by atoms with Gasteiger partial charge in [-0.15, -0.1) is 0 Å². The highest BCUT2D eigenvalue weighted by Gasteiger charge is 2.08. The Bertz CT molecular complexity index is 403. The van der Waals surface area contributed by atoms with Gasteiger partial charge in [0.1, 0.15) is 0 Å². The molecule has 1 amide bonds. The molecule has 5 N–H and O–H groups in total. The predicted octanol–water partition coefficient (Wildman–Crippen LogP) is 0.730. The topological polar surface area (TPSA) is 84.4 Å². The quantitative estimate of drug-likeness (QED) is 0.658. The summed E-state index contributed by atoms with van der Waals surface area (Å²) in [6.07, 6.45) is 0. The van der Waals surface area contributed by atoms with Crippen LogP contribution in [0, 0.1) is 0 Å². The minimum atomic E-state index is -0.451. The first-order valence-corrected chi connectivity index (χ1v) is 5.50. The number of primary amides is 1. The zero-order valence-electron chi connectivity index (χ0n) is 10.5. The van der Waals surface area contributed by atoms with Crippen LogP contribution in [-0.4, -0.2) is 37.5 Å². The minimum Gasteiger partial charge on any atom is -0.397 e. The summed E-state index contributed by atoms with van der Waals surface area (Å²) < 4.78 is 0. The van der Waals surface area contributed by atoms with Gasteiger partial charge in [-0.1, -0.05) is 0 Å². The highest BCUT2D eigenvalue weighted by atomic mass is 16.1. The molecule has 0 aliphatic heterocycles. The fourth-order valence-electron chi connectivity index (χ4n) is 1.69. The average molecular weight is 236 g/mol. The molecular formula is C12H20N4O. The van der Waals surface area contributed by atoms with Crippen molar-refractivity contribution >= 4 is 17.3 Å². The van der Waals surface area contributed by atoms with Gasteiger partial charge in [0, 0.05) is 18.2 Å². The number of likely N-dealkylation sites (N-methyl/N-ethyl adjacent to an activating group) is 1. The molecule has 0 bridgehead atoms. The Balaban J connectivity index is 2.82. The Hall–Kier alpha value is -1.75. The first-order valence-electron chi connectivity index (χ1n) is 5.50. The average Bonchev–Trinajstić information content (AvgIpc) is 2.19. The second-order valence-corrected chi connectivity index (χ2v) is 4.47. The van der Waals surface area contributed by atoms with Crippen LogP contribution in [0.4, 0.5) is 11.4 Å². The number of carbonyl (C=O) groups is 1. The van der Waals surface area contributed by atoms with Gasteiger partial charge in [0.15, 0.2) is 0 Å². The third kappa shape index (κ3) is 3.96. The number of benzene rings is 1. The Kier molecular flexibility index (Phi) is 4.34. The fourth-order valence-corrected chi connectivity index (χ4v) is 1.69. The smallest absolute Gasteiger partial charge is 0.248 e. The van der Waals surface area contributed by atoms with E-state index in [-0.39, 0.29) is 6.04 Å². The summed E-state index contributed by atoms with van der Waals surface area (Å²) in [4.78, 5) is 13.1. The number of nitrogen functional groups attached to an aromatic ring is 1. The van der Waals surface area contributed by atoms with E-state index in [1.54, 1.807) is 18.2 Å². The van der Waals surface area contributed by atoms with Crippen molar-refractivity contribution in [1.82, 2.24) is 4.90 Å². The second kappa shape index (κ2) is 5.54. The Morgan fingerprint density at radius 2 is 2.12 bits per heavy atom. The second-order valence-electron chi connectivity index (χ2n) is 4.47. The lowest BCUT2D eigenvalue weighted by Gasteiger charge is -2.20. The van der Waals surface area contributed by atoms with Gasteiger partial charge in [0.2, 0.25) is 5.91 Å². The molecule has 0 radical (unpaired) electrons. The van der Waals surface area contributed by atoms with Crippen molar-refractivity contribution in [2.24, 2.45) is 5.73 Å². The number of anilines is 2. The number of nitrogens with two attached hydrogens (primary N) is 2. The molecule has 0 spiro atoms. The lowest BCUT2D eigenvalue weighted by Crippen LogP contribution is -2.30. The number of nitrogens with zero attached hydrogens (tertiary/aromatic N) is 1. The van der Waals surface area contributed by atoms with E-state index in [2.05, 4.69) is 17.1 Å². The van der Waals surface area contributed by atoms with Crippen molar-refractivity contribution in [3.05, 3.63) is 23.8 Å². The highest BCUT2D eigenvalue weighted by Crippen LogP contribution is 2.20. The van der Waals surface area contributed by atoms with Crippen molar-refractivity contribution in [2.45, 2.75) is 13.0 Å². The van der Waals surface area contributed by atoms with Crippen molar-refractivity contribution in [3.8, 4) is 0 Å². The van der Waals surface area contributed by atoms with Crippen LogP contribution in [0.15, 0.2) is 18.2 Å². The molecule has 17 heavy (non-hydrogen) atoms. The summed E-state index contributed by atoms with van der Waals surface area (Å²) >= 11 is 0. The molecule has 94 valence electrons. The SMILES string of the molecule is CC(CN(C)C)Nc1cc(C(N)=O)ccc1N. The van der Waals surface area contributed by atoms with E-state index in [1.807, 2.05) is 14.1 Å². The summed E-state index contributed by atoms with van der Waals surface area (Å²) in [5, 5.41) is 3.26. The lowest BCUT2D eigenvalue weighted by molar-refractivity contribution is 0.100. The van der Waals surface area contributed by atoms with Gasteiger partial charge in [-0.25, -0.2) is 0 Å². The number of amides is 1. The van der Waals surface area contributed by atoms with E-state index in [0.29, 0.717) is 11.3 Å². The normalized spacial score (nSPS) is 12.5. The Labute approximate surface area is 102 Å². The van der Waals surface area contributed by atoms with E-state index in [4.69, 9.17) is 11.5 Å². The van der Waals surface area contributed by atoms with Crippen LogP contribution >= 0.6 is 0 Å². The summed E-state index contributed by atoms with van der Waals surface area (Å²) in [6.45, 7) is 2.93. The maximum atomic E-state index is 11.1. The van der Waals surface area contributed by atoms with Gasteiger partial charge in [0.05, 0.1) is 11.4 Å². The zero-order chi connectivity index (χ0) is 13.0. The maximum absolute atomic E-state index is 11.1. The largest absolute Gasteiger partial charge is 0.397 e. The van der Waals surface area contributed by atoms with Crippen LogP contribution in [0.25, 0.3) is 0 Å². The standard InChI is InChI=1S/C12H20N4O/c1-8(7-16(2)3)15-11-6-9(12(14)17)4-5-10(11)13/h4-6,8,15H,7,13H2,1-3H3,(H2,14,17). The summed E-state index contributed by atoms with van der Waals surface area (Å²) in [5.41, 5.74) is 12.9. The molecule has 0 fully saturated rings. The molecule has 5 nitrogen and oxygen atoms in total. The van der Waals surface area contributed by atoms with Crippen molar-refractivity contribution < 1.29 is 4.79 Å². The molecule has 1 unspecified atom stereocenters. The first kappa shape index (κ1) is 13.3. The van der Waals surface area contributed by atoms with E-state index in [9.17, 15) is 4.79 Å². The molecule has 0 aliphatic carbocycles. The summed E-state index contributed by atoms with van der Waals surface area (Å²) in [5.74, 6) is -0.451.